The lowest BCUT2D eigenvalue weighted by atomic mass is 10.3. The highest BCUT2D eigenvalue weighted by molar-refractivity contribution is 6.28. The number of hydrogen-bond acceptors (Lipinski definition) is 7. The number of fused-ring (bicyclic) bond motifs is 1. The van der Waals surface area contributed by atoms with Gasteiger partial charge in [0.2, 0.25) is 5.28 Å². The standard InChI is InChI=1S/C12H10ClN7O2/c1-6-9(3-7(4-14-6)20(21)22)16-10-8-5-15-12(13)17-11(8)19(2)18-10/h3-5H,1-2H3,(H,16,18). The van der Waals surface area contributed by atoms with E-state index in [0.717, 1.165) is 0 Å². The van der Waals surface area contributed by atoms with Crippen molar-refractivity contribution in [2.45, 2.75) is 6.92 Å². The van der Waals surface area contributed by atoms with Crippen molar-refractivity contribution in [2.75, 3.05) is 5.32 Å². The first-order valence-corrected chi connectivity index (χ1v) is 6.57. The molecule has 0 aliphatic carbocycles. The number of pyridine rings is 1. The van der Waals surface area contributed by atoms with Crippen LogP contribution in [0.2, 0.25) is 5.28 Å². The van der Waals surface area contributed by atoms with Crippen molar-refractivity contribution in [2.24, 2.45) is 7.05 Å². The van der Waals surface area contributed by atoms with Gasteiger partial charge in [0, 0.05) is 19.3 Å². The summed E-state index contributed by atoms with van der Waals surface area (Å²) in [5.41, 5.74) is 1.55. The highest BCUT2D eigenvalue weighted by Crippen LogP contribution is 2.27. The first kappa shape index (κ1) is 14.1. The van der Waals surface area contributed by atoms with Gasteiger partial charge >= 0.3 is 0 Å². The van der Waals surface area contributed by atoms with Crippen LogP contribution in [-0.4, -0.2) is 29.7 Å². The van der Waals surface area contributed by atoms with Gasteiger partial charge in [-0.2, -0.15) is 10.1 Å². The van der Waals surface area contributed by atoms with E-state index in [-0.39, 0.29) is 11.0 Å². The van der Waals surface area contributed by atoms with E-state index < -0.39 is 4.92 Å². The van der Waals surface area contributed by atoms with Crippen LogP contribution in [0.1, 0.15) is 5.69 Å². The minimum absolute atomic E-state index is 0.104. The zero-order valence-electron chi connectivity index (χ0n) is 11.6. The van der Waals surface area contributed by atoms with Crippen LogP contribution in [0.5, 0.6) is 0 Å². The fourth-order valence-electron chi connectivity index (χ4n) is 1.99. The lowest BCUT2D eigenvalue weighted by Gasteiger charge is -2.06. The molecule has 3 aromatic rings. The summed E-state index contributed by atoms with van der Waals surface area (Å²) in [4.78, 5) is 22.4. The molecule has 22 heavy (non-hydrogen) atoms. The van der Waals surface area contributed by atoms with Crippen molar-refractivity contribution in [1.82, 2.24) is 24.7 Å². The van der Waals surface area contributed by atoms with E-state index in [4.69, 9.17) is 11.6 Å². The third kappa shape index (κ3) is 2.42. The predicted octanol–water partition coefficient (Wildman–Crippen LogP) is 2.37. The number of halogens is 1. The second-order valence-corrected chi connectivity index (χ2v) is 4.90. The van der Waals surface area contributed by atoms with Gasteiger partial charge in [0.05, 0.1) is 21.7 Å². The van der Waals surface area contributed by atoms with Crippen molar-refractivity contribution in [3.63, 3.8) is 0 Å². The molecule has 0 atom stereocenters. The van der Waals surface area contributed by atoms with Crippen LogP contribution in [0.15, 0.2) is 18.5 Å². The summed E-state index contributed by atoms with van der Waals surface area (Å²) in [6, 6.07) is 1.40. The molecule has 1 N–H and O–H groups in total. The molecule has 9 nitrogen and oxygen atoms in total. The summed E-state index contributed by atoms with van der Waals surface area (Å²) in [5, 5.41) is 18.9. The predicted molar refractivity (Wildman–Crippen MR) is 80.2 cm³/mol. The third-order valence-corrected chi connectivity index (χ3v) is 3.27. The first-order valence-electron chi connectivity index (χ1n) is 6.19. The molecule has 0 unspecified atom stereocenters. The van der Waals surface area contributed by atoms with Crippen LogP contribution in [0.25, 0.3) is 11.0 Å². The molecular weight excluding hydrogens is 310 g/mol. The Morgan fingerprint density at radius 3 is 2.86 bits per heavy atom. The van der Waals surface area contributed by atoms with E-state index >= 15 is 0 Å². The molecule has 0 aliphatic heterocycles. The molecule has 112 valence electrons. The number of anilines is 2. The minimum atomic E-state index is -0.503. The quantitative estimate of drug-likeness (QED) is 0.448. The SMILES string of the molecule is Cc1ncc([N+](=O)[O-])cc1Nc1nn(C)c2nc(Cl)ncc12. The molecule has 3 aromatic heterocycles. The molecule has 0 fully saturated rings. The number of aryl methyl sites for hydroxylation is 2. The maximum Gasteiger partial charge on any atom is 0.289 e. The van der Waals surface area contributed by atoms with Crippen LogP contribution in [-0.2, 0) is 7.05 Å². The lowest BCUT2D eigenvalue weighted by Crippen LogP contribution is -1.99. The fraction of sp³-hybridized carbons (Fsp3) is 0.167. The van der Waals surface area contributed by atoms with Gasteiger partial charge in [-0.3, -0.25) is 15.1 Å². The molecular formula is C12H10ClN7O2. The largest absolute Gasteiger partial charge is 0.336 e. The van der Waals surface area contributed by atoms with Crippen LogP contribution in [0.3, 0.4) is 0 Å². The minimum Gasteiger partial charge on any atom is -0.336 e. The Hall–Kier alpha value is -2.81. The number of rotatable bonds is 3. The normalized spacial score (nSPS) is 10.9. The molecule has 3 rings (SSSR count). The van der Waals surface area contributed by atoms with Gasteiger partial charge in [-0.05, 0) is 18.5 Å². The van der Waals surface area contributed by atoms with E-state index in [1.807, 2.05) is 0 Å². The summed E-state index contributed by atoms with van der Waals surface area (Å²) >= 11 is 5.77. The molecule has 0 aromatic carbocycles. The lowest BCUT2D eigenvalue weighted by molar-refractivity contribution is -0.385. The number of hydrogen-bond donors (Lipinski definition) is 1. The molecule has 0 amide bonds. The summed E-state index contributed by atoms with van der Waals surface area (Å²) in [6.07, 6.45) is 2.75. The van der Waals surface area contributed by atoms with Crippen molar-refractivity contribution in [1.29, 1.82) is 0 Å². The van der Waals surface area contributed by atoms with Crippen LogP contribution >= 0.6 is 11.6 Å². The zero-order valence-corrected chi connectivity index (χ0v) is 12.4. The molecule has 0 saturated heterocycles. The Labute approximate surface area is 129 Å². The fourth-order valence-corrected chi connectivity index (χ4v) is 2.11. The highest BCUT2D eigenvalue weighted by Gasteiger charge is 2.15. The van der Waals surface area contributed by atoms with Gasteiger partial charge in [0.15, 0.2) is 11.5 Å². The van der Waals surface area contributed by atoms with Gasteiger partial charge in [-0.15, -0.1) is 0 Å². The van der Waals surface area contributed by atoms with E-state index in [9.17, 15) is 10.1 Å². The number of nitro groups is 1. The van der Waals surface area contributed by atoms with Gasteiger partial charge in [-0.25, -0.2) is 9.67 Å². The second-order valence-electron chi connectivity index (χ2n) is 4.56. The molecule has 0 spiro atoms. The van der Waals surface area contributed by atoms with Gasteiger partial charge in [0.1, 0.15) is 6.20 Å². The maximum absolute atomic E-state index is 10.9. The van der Waals surface area contributed by atoms with E-state index in [1.165, 1.54) is 12.3 Å². The molecule has 0 aliphatic rings. The molecule has 10 heteroatoms. The summed E-state index contributed by atoms with van der Waals surface area (Å²) in [5.74, 6) is 0.472. The Bertz CT molecular complexity index is 893. The van der Waals surface area contributed by atoms with E-state index in [0.29, 0.717) is 28.2 Å². The average Bonchev–Trinajstić information content (AvgIpc) is 2.77. The first-order chi connectivity index (χ1) is 10.5. The monoisotopic (exact) mass is 319 g/mol. The van der Waals surface area contributed by atoms with Crippen molar-refractivity contribution >= 4 is 39.8 Å². The van der Waals surface area contributed by atoms with Crippen molar-refractivity contribution < 1.29 is 4.92 Å². The summed E-state index contributed by atoms with van der Waals surface area (Å²) in [7, 11) is 1.72. The highest BCUT2D eigenvalue weighted by atomic mass is 35.5. The third-order valence-electron chi connectivity index (χ3n) is 3.09. The molecule has 0 radical (unpaired) electrons. The number of nitrogens with zero attached hydrogens (tertiary/aromatic N) is 6. The van der Waals surface area contributed by atoms with E-state index in [1.54, 1.807) is 24.9 Å². The Morgan fingerprint density at radius 1 is 1.36 bits per heavy atom. The Kier molecular flexibility index (Phi) is 3.33. The van der Waals surface area contributed by atoms with Gasteiger partial charge in [-0.1, -0.05) is 0 Å². The zero-order chi connectivity index (χ0) is 15.9. The van der Waals surface area contributed by atoms with E-state index in [2.05, 4.69) is 25.4 Å². The molecule has 0 saturated carbocycles. The Morgan fingerprint density at radius 2 is 2.14 bits per heavy atom. The van der Waals surface area contributed by atoms with Crippen LogP contribution in [0, 0.1) is 17.0 Å². The van der Waals surface area contributed by atoms with Crippen LogP contribution < -0.4 is 5.32 Å². The summed E-state index contributed by atoms with van der Waals surface area (Å²) in [6.45, 7) is 1.74. The maximum atomic E-state index is 10.9. The second kappa shape index (κ2) is 5.19. The smallest absolute Gasteiger partial charge is 0.289 e. The van der Waals surface area contributed by atoms with Crippen molar-refractivity contribution in [3.05, 3.63) is 39.6 Å². The average molecular weight is 320 g/mol. The number of aromatic nitrogens is 5. The van der Waals surface area contributed by atoms with Gasteiger partial charge in [0.25, 0.3) is 5.69 Å². The summed E-state index contributed by atoms with van der Waals surface area (Å²) < 4.78 is 1.55. The van der Waals surface area contributed by atoms with Crippen LogP contribution in [0.4, 0.5) is 17.2 Å². The Balaban J connectivity index is 2.07. The van der Waals surface area contributed by atoms with Gasteiger partial charge < -0.3 is 5.32 Å². The molecule has 0 bridgehead atoms. The van der Waals surface area contributed by atoms with Crippen molar-refractivity contribution in [3.8, 4) is 0 Å². The topological polar surface area (TPSA) is 112 Å². The number of nitrogens with one attached hydrogen (secondary N) is 1. The molecule has 3 heterocycles.